The summed E-state index contributed by atoms with van der Waals surface area (Å²) in [6.07, 6.45) is 3.40. The highest BCUT2D eigenvalue weighted by atomic mass is 16.3. The van der Waals surface area contributed by atoms with Gasteiger partial charge in [0, 0.05) is 5.71 Å². The van der Waals surface area contributed by atoms with Crippen LogP contribution in [-0.4, -0.2) is 24.0 Å². The third kappa shape index (κ3) is 4.31. The minimum atomic E-state index is 0. The SMILES string of the molecule is C.CC.OCCN=C1CCCc2ccccc21. The van der Waals surface area contributed by atoms with E-state index in [0.717, 1.165) is 12.8 Å². The number of benzene rings is 1. The maximum absolute atomic E-state index is 8.74. The molecule has 0 amide bonds. The quantitative estimate of drug-likeness (QED) is 0.836. The van der Waals surface area contributed by atoms with Crippen molar-refractivity contribution in [1.29, 1.82) is 0 Å². The van der Waals surface area contributed by atoms with Gasteiger partial charge in [0.05, 0.1) is 13.2 Å². The molecule has 2 heteroatoms. The fraction of sp³-hybridized carbons (Fsp3) is 0.533. The topological polar surface area (TPSA) is 32.6 Å². The molecule has 0 heterocycles. The molecule has 1 N–H and O–H groups in total. The van der Waals surface area contributed by atoms with E-state index < -0.39 is 0 Å². The van der Waals surface area contributed by atoms with Crippen molar-refractivity contribution in [2.75, 3.05) is 13.2 Å². The minimum Gasteiger partial charge on any atom is -0.394 e. The van der Waals surface area contributed by atoms with Crippen molar-refractivity contribution in [3.8, 4) is 0 Å². The molecule has 0 atom stereocenters. The molecule has 0 aliphatic heterocycles. The second-order valence-corrected chi connectivity index (χ2v) is 3.56. The van der Waals surface area contributed by atoms with Crippen LogP contribution in [0.25, 0.3) is 0 Å². The predicted molar refractivity (Wildman–Crippen MR) is 75.9 cm³/mol. The molecule has 17 heavy (non-hydrogen) atoms. The molecular weight excluding hydrogens is 210 g/mol. The monoisotopic (exact) mass is 235 g/mol. The van der Waals surface area contributed by atoms with Gasteiger partial charge in [-0.1, -0.05) is 45.5 Å². The molecule has 1 aromatic carbocycles. The second kappa shape index (κ2) is 8.94. The Labute approximate surface area is 105 Å². The van der Waals surface area contributed by atoms with Gasteiger partial charge < -0.3 is 5.11 Å². The number of fused-ring (bicyclic) bond motifs is 1. The van der Waals surface area contributed by atoms with Gasteiger partial charge in [0.2, 0.25) is 0 Å². The van der Waals surface area contributed by atoms with Crippen molar-refractivity contribution in [2.24, 2.45) is 4.99 Å². The standard InChI is InChI=1S/C12H15NO.C2H6.CH4/c14-9-8-13-12-7-3-5-10-4-1-2-6-11(10)12;1-2;/h1-2,4,6,14H,3,5,7-9H2;1-2H3;1H4. The lowest BCUT2D eigenvalue weighted by atomic mass is 9.90. The van der Waals surface area contributed by atoms with E-state index in [2.05, 4.69) is 29.3 Å². The zero-order chi connectivity index (χ0) is 11.8. The summed E-state index contributed by atoms with van der Waals surface area (Å²) in [6.45, 7) is 4.68. The summed E-state index contributed by atoms with van der Waals surface area (Å²) in [5.41, 5.74) is 3.85. The molecule has 1 aromatic rings. The van der Waals surface area contributed by atoms with Gasteiger partial charge in [0.25, 0.3) is 0 Å². The summed E-state index contributed by atoms with van der Waals surface area (Å²) in [6, 6.07) is 8.43. The first-order valence-electron chi connectivity index (χ1n) is 6.14. The molecule has 0 saturated carbocycles. The van der Waals surface area contributed by atoms with Gasteiger partial charge in [-0.2, -0.15) is 0 Å². The molecule has 0 unspecified atom stereocenters. The normalized spacial score (nSPS) is 15.4. The number of hydrogen-bond donors (Lipinski definition) is 1. The molecule has 2 nitrogen and oxygen atoms in total. The summed E-state index contributed by atoms with van der Waals surface area (Å²) in [7, 11) is 0. The van der Waals surface area contributed by atoms with Gasteiger partial charge in [-0.05, 0) is 30.4 Å². The molecule has 0 saturated heterocycles. The lowest BCUT2D eigenvalue weighted by Crippen LogP contribution is -2.12. The summed E-state index contributed by atoms with van der Waals surface area (Å²) in [5, 5.41) is 8.74. The van der Waals surface area contributed by atoms with E-state index in [0.29, 0.717) is 6.54 Å². The molecule has 0 bridgehead atoms. The molecule has 0 radical (unpaired) electrons. The van der Waals surface area contributed by atoms with Gasteiger partial charge in [-0.3, -0.25) is 4.99 Å². The summed E-state index contributed by atoms with van der Waals surface area (Å²) < 4.78 is 0. The Bertz CT molecular complexity index is 345. The van der Waals surface area contributed by atoms with Gasteiger partial charge in [-0.25, -0.2) is 0 Å². The third-order valence-corrected chi connectivity index (χ3v) is 2.59. The molecular formula is C15H25NO. The number of rotatable bonds is 2. The largest absolute Gasteiger partial charge is 0.394 e. The van der Waals surface area contributed by atoms with Gasteiger partial charge in [0.1, 0.15) is 0 Å². The van der Waals surface area contributed by atoms with Crippen LogP contribution >= 0.6 is 0 Å². The van der Waals surface area contributed by atoms with Crippen LogP contribution in [-0.2, 0) is 6.42 Å². The van der Waals surface area contributed by atoms with Crippen LogP contribution in [0.15, 0.2) is 29.3 Å². The first-order chi connectivity index (χ1) is 7.92. The van der Waals surface area contributed by atoms with E-state index in [1.807, 2.05) is 13.8 Å². The highest BCUT2D eigenvalue weighted by Crippen LogP contribution is 2.21. The number of nitrogens with zero attached hydrogens (tertiary/aromatic N) is 1. The summed E-state index contributed by atoms with van der Waals surface area (Å²) >= 11 is 0. The van der Waals surface area contributed by atoms with Crippen LogP contribution in [0.5, 0.6) is 0 Å². The maximum Gasteiger partial charge on any atom is 0.0627 e. The van der Waals surface area contributed by atoms with Crippen molar-refractivity contribution in [1.82, 2.24) is 0 Å². The van der Waals surface area contributed by atoms with Crippen LogP contribution in [0, 0.1) is 0 Å². The Morgan fingerprint density at radius 2 is 1.88 bits per heavy atom. The summed E-state index contributed by atoms with van der Waals surface area (Å²) in [5.74, 6) is 0. The van der Waals surface area contributed by atoms with E-state index in [9.17, 15) is 0 Å². The molecule has 96 valence electrons. The van der Waals surface area contributed by atoms with Crippen molar-refractivity contribution in [3.63, 3.8) is 0 Å². The van der Waals surface area contributed by atoms with Crippen LogP contribution in [0.3, 0.4) is 0 Å². The Morgan fingerprint density at radius 3 is 2.59 bits per heavy atom. The number of aliphatic hydroxyl groups is 1. The van der Waals surface area contributed by atoms with Crippen molar-refractivity contribution in [2.45, 2.75) is 40.5 Å². The molecule has 1 aliphatic carbocycles. The van der Waals surface area contributed by atoms with Crippen LogP contribution in [0.1, 0.15) is 45.2 Å². The number of hydrogen-bond acceptors (Lipinski definition) is 2. The minimum absolute atomic E-state index is 0. The lowest BCUT2D eigenvalue weighted by molar-refractivity contribution is 0.307. The molecule has 0 aromatic heterocycles. The highest BCUT2D eigenvalue weighted by Gasteiger charge is 2.13. The average molecular weight is 235 g/mol. The Morgan fingerprint density at radius 1 is 1.18 bits per heavy atom. The zero-order valence-electron chi connectivity index (χ0n) is 10.2. The Hall–Kier alpha value is -1.15. The maximum atomic E-state index is 8.74. The Balaban J connectivity index is 0.000000811. The zero-order valence-corrected chi connectivity index (χ0v) is 10.2. The number of aliphatic imine (C=N–C) groups is 1. The van der Waals surface area contributed by atoms with Gasteiger partial charge in [0.15, 0.2) is 0 Å². The van der Waals surface area contributed by atoms with Crippen LogP contribution < -0.4 is 0 Å². The van der Waals surface area contributed by atoms with Gasteiger partial charge >= 0.3 is 0 Å². The average Bonchev–Trinajstić information content (AvgIpc) is 2.38. The molecule has 0 fully saturated rings. The molecule has 1 aliphatic rings. The van der Waals surface area contributed by atoms with E-state index in [1.54, 1.807) is 0 Å². The fourth-order valence-corrected chi connectivity index (χ4v) is 1.95. The molecule has 2 rings (SSSR count). The van der Waals surface area contributed by atoms with Crippen LogP contribution in [0.2, 0.25) is 0 Å². The first-order valence-corrected chi connectivity index (χ1v) is 6.14. The number of aliphatic hydroxyl groups excluding tert-OH is 1. The number of aryl methyl sites for hydroxylation is 1. The Kier molecular flexibility index (Phi) is 8.34. The van der Waals surface area contributed by atoms with Crippen molar-refractivity contribution < 1.29 is 5.11 Å². The highest BCUT2D eigenvalue weighted by molar-refractivity contribution is 6.02. The van der Waals surface area contributed by atoms with E-state index >= 15 is 0 Å². The van der Waals surface area contributed by atoms with Crippen LogP contribution in [0.4, 0.5) is 0 Å². The third-order valence-electron chi connectivity index (χ3n) is 2.59. The smallest absolute Gasteiger partial charge is 0.0627 e. The predicted octanol–water partition coefficient (Wildman–Crippen LogP) is 3.47. The van der Waals surface area contributed by atoms with E-state index in [1.165, 1.54) is 23.3 Å². The first kappa shape index (κ1) is 15.9. The van der Waals surface area contributed by atoms with E-state index in [-0.39, 0.29) is 14.0 Å². The molecule has 0 spiro atoms. The van der Waals surface area contributed by atoms with Gasteiger partial charge in [-0.15, -0.1) is 0 Å². The lowest BCUT2D eigenvalue weighted by Gasteiger charge is -2.17. The van der Waals surface area contributed by atoms with Crippen molar-refractivity contribution in [3.05, 3.63) is 35.4 Å². The summed E-state index contributed by atoms with van der Waals surface area (Å²) in [4.78, 5) is 4.41. The second-order valence-electron chi connectivity index (χ2n) is 3.56. The fourth-order valence-electron chi connectivity index (χ4n) is 1.95. The van der Waals surface area contributed by atoms with E-state index in [4.69, 9.17) is 5.11 Å². The van der Waals surface area contributed by atoms with Crippen molar-refractivity contribution >= 4 is 5.71 Å².